The zero-order valence-electron chi connectivity index (χ0n) is 25.8. The molecule has 0 unspecified atom stereocenters. The molecule has 3 aromatic rings. The fraction of sp³-hybridized carbons (Fsp3) is 0.441. The summed E-state index contributed by atoms with van der Waals surface area (Å²) < 4.78 is 77.4. The number of carbonyl (C=O) groups is 1. The van der Waals surface area contributed by atoms with Gasteiger partial charge < -0.3 is 21.1 Å². The molecule has 1 amide bonds. The van der Waals surface area contributed by atoms with Crippen molar-refractivity contribution in [2.75, 3.05) is 31.6 Å². The Hall–Kier alpha value is -3.29. The molecule has 12 heteroatoms. The molecule has 2 aliphatic heterocycles. The Morgan fingerprint density at radius 1 is 1.00 bits per heavy atom. The standard InChI is InChI=1S/C34H41F3N4O4S/c1-22-20-39-21-25(41(22)46(43,44)26-8-3-2-4-9-26)7-5-10-27-28(35)11-6-12-31(27)40-34(42)33(38)32(23-15-17-45-18-16-23)24-13-14-29(36)30(37)19-24/h2-4,6,8-9,11-14,19,22-23,25,32-33,39H,5,7,10,15-18,20-21,38H2,1H3,(H,40,42)/t22-,25+,32-,33+/m1/s1. The summed E-state index contributed by atoms with van der Waals surface area (Å²) in [7, 11) is -3.75. The summed E-state index contributed by atoms with van der Waals surface area (Å²) in [5, 5.41) is 6.10. The normalized spacial score (nSPS) is 21.1. The Kier molecular flexibility index (Phi) is 11.2. The fourth-order valence-electron chi connectivity index (χ4n) is 6.77. The first-order chi connectivity index (χ1) is 22.1. The van der Waals surface area contributed by atoms with Crippen LogP contribution in [0.5, 0.6) is 0 Å². The summed E-state index contributed by atoms with van der Waals surface area (Å²) in [6, 6.07) is 14.5. The van der Waals surface area contributed by atoms with Crippen LogP contribution < -0.4 is 16.4 Å². The van der Waals surface area contributed by atoms with Crippen molar-refractivity contribution in [2.24, 2.45) is 11.7 Å². The molecular weight excluding hydrogens is 617 g/mol. The van der Waals surface area contributed by atoms with Gasteiger partial charge in [0.05, 0.1) is 10.9 Å². The van der Waals surface area contributed by atoms with Gasteiger partial charge in [0.2, 0.25) is 15.9 Å². The lowest BCUT2D eigenvalue weighted by Gasteiger charge is -2.40. The van der Waals surface area contributed by atoms with Gasteiger partial charge in [0.15, 0.2) is 11.6 Å². The third-order valence-electron chi connectivity index (χ3n) is 9.07. The number of ether oxygens (including phenoxy) is 1. The highest BCUT2D eigenvalue weighted by atomic mass is 32.2. The summed E-state index contributed by atoms with van der Waals surface area (Å²) in [5.74, 6) is -3.80. The van der Waals surface area contributed by atoms with Crippen LogP contribution in [0.4, 0.5) is 18.9 Å². The Labute approximate surface area is 268 Å². The predicted molar refractivity (Wildman–Crippen MR) is 170 cm³/mol. The lowest BCUT2D eigenvalue weighted by atomic mass is 9.76. The molecule has 0 saturated carbocycles. The molecule has 4 N–H and O–H groups in total. The molecule has 5 rings (SSSR count). The third kappa shape index (κ3) is 7.63. The molecular formula is C34H41F3N4O4S. The third-order valence-corrected chi connectivity index (χ3v) is 11.1. The number of carbonyl (C=O) groups excluding carboxylic acids is 1. The minimum atomic E-state index is -3.75. The number of sulfonamides is 1. The van der Waals surface area contributed by atoms with Crippen LogP contribution in [0.1, 0.15) is 49.7 Å². The van der Waals surface area contributed by atoms with E-state index in [4.69, 9.17) is 10.5 Å². The van der Waals surface area contributed by atoms with Crippen LogP contribution >= 0.6 is 0 Å². The number of benzene rings is 3. The minimum absolute atomic E-state index is 0.104. The van der Waals surface area contributed by atoms with Crippen LogP contribution in [-0.4, -0.2) is 63.1 Å². The van der Waals surface area contributed by atoms with Crippen molar-refractivity contribution in [3.8, 4) is 0 Å². The zero-order chi connectivity index (χ0) is 32.8. The van der Waals surface area contributed by atoms with E-state index in [9.17, 15) is 22.0 Å². The van der Waals surface area contributed by atoms with Crippen molar-refractivity contribution in [1.29, 1.82) is 0 Å². The summed E-state index contributed by atoms with van der Waals surface area (Å²) in [6.07, 6.45) is 2.36. The molecule has 8 nitrogen and oxygen atoms in total. The van der Waals surface area contributed by atoms with Gasteiger partial charge in [0, 0.05) is 55.6 Å². The van der Waals surface area contributed by atoms with E-state index in [1.54, 1.807) is 40.7 Å². The van der Waals surface area contributed by atoms with Crippen LogP contribution in [0.15, 0.2) is 71.6 Å². The van der Waals surface area contributed by atoms with E-state index in [2.05, 4.69) is 10.6 Å². The first-order valence-corrected chi connectivity index (χ1v) is 17.2. The molecule has 3 aromatic carbocycles. The van der Waals surface area contributed by atoms with E-state index in [0.29, 0.717) is 57.6 Å². The quantitative estimate of drug-likeness (QED) is 0.269. The molecule has 0 spiro atoms. The van der Waals surface area contributed by atoms with Gasteiger partial charge in [0.1, 0.15) is 5.82 Å². The van der Waals surface area contributed by atoms with Crippen LogP contribution in [0.3, 0.4) is 0 Å². The number of nitrogens with two attached hydrogens (primary N) is 1. The molecule has 46 heavy (non-hydrogen) atoms. The maximum Gasteiger partial charge on any atom is 0.243 e. The number of nitrogens with zero attached hydrogens (tertiary/aromatic N) is 1. The molecule has 2 saturated heterocycles. The summed E-state index contributed by atoms with van der Waals surface area (Å²) in [5.41, 5.74) is 7.50. The highest BCUT2D eigenvalue weighted by Crippen LogP contribution is 2.36. The van der Waals surface area contributed by atoms with E-state index in [1.807, 2.05) is 6.92 Å². The Morgan fingerprint density at radius 3 is 2.46 bits per heavy atom. The van der Waals surface area contributed by atoms with Crippen molar-refractivity contribution < 1.29 is 31.1 Å². The van der Waals surface area contributed by atoms with Gasteiger partial charge in [-0.25, -0.2) is 21.6 Å². The first-order valence-electron chi connectivity index (χ1n) is 15.7. The molecule has 2 aliphatic rings. The molecule has 0 bridgehead atoms. The minimum Gasteiger partial charge on any atom is -0.381 e. The number of nitrogens with one attached hydrogen (secondary N) is 2. The molecule has 2 heterocycles. The molecule has 4 atom stereocenters. The summed E-state index contributed by atoms with van der Waals surface area (Å²) in [4.78, 5) is 13.8. The fourth-order valence-corrected chi connectivity index (χ4v) is 8.63. The average molecular weight is 659 g/mol. The number of hydrogen-bond donors (Lipinski definition) is 3. The van der Waals surface area contributed by atoms with Crippen molar-refractivity contribution in [2.45, 2.75) is 68.0 Å². The second-order valence-electron chi connectivity index (χ2n) is 12.1. The number of amides is 1. The number of hydrogen-bond acceptors (Lipinski definition) is 6. The smallest absolute Gasteiger partial charge is 0.243 e. The van der Waals surface area contributed by atoms with Crippen LogP contribution in [0.25, 0.3) is 0 Å². The molecule has 2 fully saturated rings. The van der Waals surface area contributed by atoms with E-state index >= 15 is 4.39 Å². The molecule has 0 radical (unpaired) electrons. The maximum atomic E-state index is 15.2. The topological polar surface area (TPSA) is 114 Å². The van der Waals surface area contributed by atoms with Gasteiger partial charge in [-0.15, -0.1) is 0 Å². The molecule has 0 aromatic heterocycles. The number of anilines is 1. The zero-order valence-corrected chi connectivity index (χ0v) is 26.6. The molecule has 0 aliphatic carbocycles. The monoisotopic (exact) mass is 658 g/mol. The average Bonchev–Trinajstić information content (AvgIpc) is 3.05. The van der Waals surface area contributed by atoms with Crippen LogP contribution in [0.2, 0.25) is 0 Å². The number of halogens is 3. The Morgan fingerprint density at radius 2 is 1.74 bits per heavy atom. The van der Waals surface area contributed by atoms with Crippen molar-refractivity contribution in [3.63, 3.8) is 0 Å². The van der Waals surface area contributed by atoms with Crippen molar-refractivity contribution in [3.05, 3.63) is 95.3 Å². The number of rotatable bonds is 11. The highest BCUT2D eigenvalue weighted by Gasteiger charge is 2.38. The van der Waals surface area contributed by atoms with E-state index in [1.165, 1.54) is 18.2 Å². The van der Waals surface area contributed by atoms with Crippen molar-refractivity contribution >= 4 is 21.6 Å². The second kappa shape index (κ2) is 15.1. The Bertz CT molecular complexity index is 1610. The highest BCUT2D eigenvalue weighted by molar-refractivity contribution is 7.89. The largest absolute Gasteiger partial charge is 0.381 e. The maximum absolute atomic E-state index is 15.2. The summed E-state index contributed by atoms with van der Waals surface area (Å²) >= 11 is 0. The van der Waals surface area contributed by atoms with Gasteiger partial charge >= 0.3 is 0 Å². The van der Waals surface area contributed by atoms with E-state index in [0.717, 1.165) is 12.1 Å². The number of piperazine rings is 1. The van der Waals surface area contributed by atoms with Gasteiger partial charge in [-0.05, 0) is 86.9 Å². The van der Waals surface area contributed by atoms with Gasteiger partial charge in [0.25, 0.3) is 0 Å². The Balaban J connectivity index is 1.31. The van der Waals surface area contributed by atoms with Gasteiger partial charge in [-0.3, -0.25) is 4.79 Å². The van der Waals surface area contributed by atoms with Gasteiger partial charge in [-0.2, -0.15) is 4.31 Å². The molecule has 248 valence electrons. The van der Waals surface area contributed by atoms with Crippen LogP contribution in [-0.2, 0) is 26.0 Å². The SMILES string of the molecule is C[C@@H]1CNC[C@H](CCCc2c(F)cccc2NC(=O)[C@@H](N)[C@@H](c2ccc(F)c(F)c2)C2CCOCC2)N1S(=O)(=O)c1ccccc1. The van der Waals surface area contributed by atoms with E-state index in [-0.39, 0.29) is 40.6 Å². The van der Waals surface area contributed by atoms with Crippen LogP contribution in [0, 0.1) is 23.4 Å². The first kappa shape index (κ1) is 34.1. The van der Waals surface area contributed by atoms with Crippen molar-refractivity contribution in [1.82, 2.24) is 9.62 Å². The van der Waals surface area contributed by atoms with Gasteiger partial charge in [-0.1, -0.05) is 30.3 Å². The predicted octanol–water partition coefficient (Wildman–Crippen LogP) is 4.95. The second-order valence-corrected chi connectivity index (χ2v) is 14.0. The summed E-state index contributed by atoms with van der Waals surface area (Å²) in [6.45, 7) is 3.77. The van der Waals surface area contributed by atoms with E-state index < -0.39 is 45.3 Å². The lowest BCUT2D eigenvalue weighted by molar-refractivity contribution is -0.118. The lowest BCUT2D eigenvalue weighted by Crippen LogP contribution is -2.58.